The first kappa shape index (κ1) is 11.2. The molecule has 1 heterocycles. The second-order valence-corrected chi connectivity index (χ2v) is 4.69. The van der Waals surface area contributed by atoms with Crippen molar-refractivity contribution < 1.29 is 0 Å². The van der Waals surface area contributed by atoms with E-state index in [0.29, 0.717) is 5.82 Å². The summed E-state index contributed by atoms with van der Waals surface area (Å²) in [6.07, 6.45) is 10.2. The predicted molar refractivity (Wildman–Crippen MR) is 68.3 cm³/mol. The molecule has 1 aliphatic carbocycles. The fraction of sp³-hybridized carbons (Fsp3) is 0.615. The van der Waals surface area contributed by atoms with Crippen LogP contribution in [0.1, 0.15) is 38.5 Å². The first-order valence-corrected chi connectivity index (χ1v) is 6.30. The van der Waals surface area contributed by atoms with Crippen molar-refractivity contribution in [2.75, 3.05) is 17.6 Å². The van der Waals surface area contributed by atoms with Crippen molar-refractivity contribution in [3.8, 4) is 0 Å². The molecule has 0 radical (unpaired) electrons. The maximum atomic E-state index is 5.53. The second-order valence-electron chi connectivity index (χ2n) is 4.69. The summed E-state index contributed by atoms with van der Waals surface area (Å²) in [6.45, 7) is 1.04. The Labute approximate surface area is 97.5 Å². The van der Waals surface area contributed by atoms with Crippen LogP contribution in [0.2, 0.25) is 0 Å². The lowest BCUT2D eigenvalue weighted by molar-refractivity contribution is 0.491. The van der Waals surface area contributed by atoms with E-state index in [9.17, 15) is 0 Å². The van der Waals surface area contributed by atoms with Gasteiger partial charge in [-0.15, -0.1) is 0 Å². The van der Waals surface area contributed by atoms with E-state index >= 15 is 0 Å². The number of hydrogen-bond acceptors (Lipinski definition) is 3. The van der Waals surface area contributed by atoms with Gasteiger partial charge in [0.25, 0.3) is 0 Å². The number of hydrogen-bond donors (Lipinski definition) is 2. The second kappa shape index (κ2) is 5.73. The highest BCUT2D eigenvalue weighted by molar-refractivity contribution is 5.45. The minimum atomic E-state index is 0.580. The van der Waals surface area contributed by atoms with Crippen molar-refractivity contribution in [3.05, 3.63) is 18.3 Å². The smallest absolute Gasteiger partial charge is 0.123 e. The Morgan fingerprint density at radius 1 is 1.31 bits per heavy atom. The Hall–Kier alpha value is -1.25. The minimum absolute atomic E-state index is 0.580. The lowest BCUT2D eigenvalue weighted by atomic mass is 10.0. The number of nitrogens with zero attached hydrogens (tertiary/aromatic N) is 1. The highest BCUT2D eigenvalue weighted by atomic mass is 14.9. The van der Waals surface area contributed by atoms with E-state index in [4.69, 9.17) is 5.73 Å². The van der Waals surface area contributed by atoms with E-state index in [-0.39, 0.29) is 0 Å². The van der Waals surface area contributed by atoms with Gasteiger partial charge >= 0.3 is 0 Å². The Morgan fingerprint density at radius 3 is 2.81 bits per heavy atom. The Kier molecular flexibility index (Phi) is 4.03. The van der Waals surface area contributed by atoms with Crippen LogP contribution in [0.5, 0.6) is 0 Å². The third-order valence-electron chi connectivity index (χ3n) is 3.38. The van der Waals surface area contributed by atoms with E-state index in [2.05, 4.69) is 10.3 Å². The van der Waals surface area contributed by atoms with Crippen LogP contribution in [-0.4, -0.2) is 11.5 Å². The molecule has 3 heteroatoms. The lowest BCUT2D eigenvalue weighted by Gasteiger charge is -2.09. The van der Waals surface area contributed by atoms with Crippen molar-refractivity contribution in [1.29, 1.82) is 0 Å². The molecule has 0 saturated heterocycles. The average Bonchev–Trinajstić information content (AvgIpc) is 2.80. The Morgan fingerprint density at radius 2 is 2.12 bits per heavy atom. The number of anilines is 2. The fourth-order valence-electron chi connectivity index (χ4n) is 2.43. The van der Waals surface area contributed by atoms with E-state index < -0.39 is 0 Å². The highest BCUT2D eigenvalue weighted by Crippen LogP contribution is 2.28. The molecular weight excluding hydrogens is 198 g/mol. The third kappa shape index (κ3) is 3.40. The van der Waals surface area contributed by atoms with Gasteiger partial charge < -0.3 is 11.1 Å². The molecule has 0 bridgehead atoms. The van der Waals surface area contributed by atoms with Crippen molar-refractivity contribution in [1.82, 2.24) is 4.98 Å². The fourth-order valence-corrected chi connectivity index (χ4v) is 2.43. The summed E-state index contributed by atoms with van der Waals surface area (Å²) in [5.74, 6) is 1.57. The standard InChI is InChI=1S/C13H21N3/c14-13-8-7-12(10-16-13)15-9-3-6-11-4-1-2-5-11/h7-8,10-11,15H,1-6,9H2,(H2,14,16). The van der Waals surface area contributed by atoms with E-state index in [0.717, 1.165) is 18.2 Å². The molecule has 0 amide bonds. The zero-order chi connectivity index (χ0) is 11.2. The topological polar surface area (TPSA) is 50.9 Å². The summed E-state index contributed by atoms with van der Waals surface area (Å²) in [6, 6.07) is 3.82. The molecule has 0 aromatic carbocycles. The normalized spacial score (nSPS) is 16.5. The summed E-state index contributed by atoms with van der Waals surface area (Å²) < 4.78 is 0. The van der Waals surface area contributed by atoms with Gasteiger partial charge in [-0.3, -0.25) is 0 Å². The zero-order valence-electron chi connectivity index (χ0n) is 9.78. The first-order chi connectivity index (χ1) is 7.84. The SMILES string of the molecule is Nc1ccc(NCCCC2CCCC2)cn1. The number of pyridine rings is 1. The Bertz CT molecular complexity index is 301. The molecule has 16 heavy (non-hydrogen) atoms. The number of nitrogens with two attached hydrogens (primary N) is 1. The molecule has 2 rings (SSSR count). The van der Waals surface area contributed by atoms with Crippen LogP contribution in [0, 0.1) is 5.92 Å². The van der Waals surface area contributed by atoms with Gasteiger partial charge in [0.15, 0.2) is 0 Å². The predicted octanol–water partition coefficient (Wildman–Crippen LogP) is 3.05. The van der Waals surface area contributed by atoms with E-state index in [1.165, 1.54) is 38.5 Å². The van der Waals surface area contributed by atoms with Gasteiger partial charge in [-0.25, -0.2) is 4.98 Å². The molecule has 3 nitrogen and oxygen atoms in total. The van der Waals surface area contributed by atoms with Crippen molar-refractivity contribution >= 4 is 11.5 Å². The minimum Gasteiger partial charge on any atom is -0.384 e. The highest BCUT2D eigenvalue weighted by Gasteiger charge is 2.13. The van der Waals surface area contributed by atoms with E-state index in [1.54, 1.807) is 6.20 Å². The van der Waals surface area contributed by atoms with Crippen LogP contribution in [0.15, 0.2) is 18.3 Å². The summed E-state index contributed by atoms with van der Waals surface area (Å²) in [4.78, 5) is 4.05. The summed E-state index contributed by atoms with van der Waals surface area (Å²) in [5, 5.41) is 3.38. The van der Waals surface area contributed by atoms with Crippen LogP contribution >= 0.6 is 0 Å². The van der Waals surface area contributed by atoms with Gasteiger partial charge in [-0.1, -0.05) is 25.7 Å². The van der Waals surface area contributed by atoms with Crippen LogP contribution < -0.4 is 11.1 Å². The van der Waals surface area contributed by atoms with Crippen molar-refractivity contribution in [3.63, 3.8) is 0 Å². The molecule has 0 atom stereocenters. The van der Waals surface area contributed by atoms with Gasteiger partial charge in [-0.05, 0) is 30.9 Å². The van der Waals surface area contributed by atoms with Crippen molar-refractivity contribution in [2.24, 2.45) is 5.92 Å². The molecule has 0 aliphatic heterocycles. The maximum absolute atomic E-state index is 5.53. The van der Waals surface area contributed by atoms with Gasteiger partial charge in [0.1, 0.15) is 5.82 Å². The van der Waals surface area contributed by atoms with Gasteiger partial charge in [0, 0.05) is 6.54 Å². The van der Waals surface area contributed by atoms with Crippen LogP contribution in [0.25, 0.3) is 0 Å². The molecule has 3 N–H and O–H groups in total. The Balaban J connectivity index is 1.62. The molecule has 0 unspecified atom stereocenters. The number of rotatable bonds is 5. The molecule has 1 saturated carbocycles. The van der Waals surface area contributed by atoms with Crippen LogP contribution in [0.4, 0.5) is 11.5 Å². The third-order valence-corrected chi connectivity index (χ3v) is 3.38. The van der Waals surface area contributed by atoms with Crippen molar-refractivity contribution in [2.45, 2.75) is 38.5 Å². The number of aromatic nitrogens is 1. The molecular formula is C13H21N3. The monoisotopic (exact) mass is 219 g/mol. The van der Waals surface area contributed by atoms with Gasteiger partial charge in [0.05, 0.1) is 11.9 Å². The first-order valence-electron chi connectivity index (χ1n) is 6.30. The lowest BCUT2D eigenvalue weighted by Crippen LogP contribution is -2.04. The van der Waals surface area contributed by atoms with Gasteiger partial charge in [-0.2, -0.15) is 0 Å². The summed E-state index contributed by atoms with van der Waals surface area (Å²) >= 11 is 0. The molecule has 1 aromatic rings. The molecule has 1 aliphatic rings. The largest absolute Gasteiger partial charge is 0.384 e. The molecule has 1 aromatic heterocycles. The number of nitrogens with one attached hydrogen (secondary N) is 1. The summed E-state index contributed by atoms with van der Waals surface area (Å²) in [7, 11) is 0. The average molecular weight is 219 g/mol. The molecule has 1 fully saturated rings. The van der Waals surface area contributed by atoms with Crippen LogP contribution in [-0.2, 0) is 0 Å². The van der Waals surface area contributed by atoms with E-state index in [1.807, 2.05) is 12.1 Å². The van der Waals surface area contributed by atoms with Gasteiger partial charge in [0.2, 0.25) is 0 Å². The summed E-state index contributed by atoms with van der Waals surface area (Å²) in [5.41, 5.74) is 6.60. The maximum Gasteiger partial charge on any atom is 0.123 e. The zero-order valence-corrected chi connectivity index (χ0v) is 9.78. The quantitative estimate of drug-likeness (QED) is 0.748. The van der Waals surface area contributed by atoms with Crippen LogP contribution in [0.3, 0.4) is 0 Å². The number of nitrogen functional groups attached to an aromatic ring is 1. The molecule has 0 spiro atoms. The molecule has 88 valence electrons.